The summed E-state index contributed by atoms with van der Waals surface area (Å²) in [7, 11) is -0.417. The number of nitrogens with zero attached hydrogens (tertiary/aromatic N) is 1. The second-order valence-corrected chi connectivity index (χ2v) is 5.25. The maximum Gasteiger partial charge on any atom is 0.376 e. The fraction of sp³-hybridized carbons (Fsp3) is 0.500. The molecular formula is C14H21BN2O2. The van der Waals surface area contributed by atoms with Gasteiger partial charge in [0.25, 0.3) is 0 Å². The van der Waals surface area contributed by atoms with Gasteiger partial charge in [-0.1, -0.05) is 18.2 Å². The van der Waals surface area contributed by atoms with E-state index < -0.39 is 7.05 Å². The molecule has 1 aliphatic rings. The molecule has 1 fully saturated rings. The smallest absolute Gasteiger partial charge is 0.376 e. The summed E-state index contributed by atoms with van der Waals surface area (Å²) in [5.74, 6) is 0.399. The number of amides is 1. The van der Waals surface area contributed by atoms with Crippen LogP contribution >= 0.6 is 0 Å². The highest BCUT2D eigenvalue weighted by Crippen LogP contribution is 2.20. The minimum atomic E-state index is -0.417. The predicted octanol–water partition coefficient (Wildman–Crippen LogP) is 1.84. The average Bonchev–Trinajstić information content (AvgIpc) is 2.40. The van der Waals surface area contributed by atoms with Gasteiger partial charge in [-0.15, -0.1) is 0 Å². The van der Waals surface area contributed by atoms with E-state index in [0.29, 0.717) is 12.3 Å². The van der Waals surface area contributed by atoms with E-state index in [2.05, 4.69) is 5.32 Å². The Kier molecular flexibility index (Phi) is 4.99. The standard InChI is InChI=1S/C14H21BN2O2/c1-15(19)17-9-5-6-12(11-17)10-14(18)16-13-7-3-2-4-8-13/h2-4,7-8,12,19H,5-6,9-11H2,1H3,(H,16,18). The minimum Gasteiger partial charge on any atom is -0.437 e. The van der Waals surface area contributed by atoms with Gasteiger partial charge < -0.3 is 15.2 Å². The van der Waals surface area contributed by atoms with Crippen LogP contribution in [0.15, 0.2) is 30.3 Å². The molecule has 102 valence electrons. The molecular weight excluding hydrogens is 239 g/mol. The molecule has 1 amide bonds. The molecule has 5 heteroatoms. The normalized spacial score (nSPS) is 20.0. The first-order valence-corrected chi connectivity index (χ1v) is 6.92. The van der Waals surface area contributed by atoms with E-state index in [9.17, 15) is 9.82 Å². The molecule has 2 rings (SSSR count). The van der Waals surface area contributed by atoms with Gasteiger partial charge in [-0.3, -0.25) is 4.79 Å². The van der Waals surface area contributed by atoms with Crippen molar-refractivity contribution in [2.24, 2.45) is 5.92 Å². The zero-order chi connectivity index (χ0) is 13.7. The van der Waals surface area contributed by atoms with Crippen LogP contribution in [-0.4, -0.2) is 35.9 Å². The molecule has 4 nitrogen and oxygen atoms in total. The number of nitrogens with one attached hydrogen (secondary N) is 1. The monoisotopic (exact) mass is 260 g/mol. The molecule has 0 radical (unpaired) electrons. The van der Waals surface area contributed by atoms with Crippen LogP contribution in [0.4, 0.5) is 5.69 Å². The summed E-state index contributed by atoms with van der Waals surface area (Å²) in [6, 6.07) is 9.52. The predicted molar refractivity (Wildman–Crippen MR) is 77.8 cm³/mol. The van der Waals surface area contributed by atoms with E-state index in [1.165, 1.54) is 0 Å². The largest absolute Gasteiger partial charge is 0.437 e. The van der Waals surface area contributed by atoms with Gasteiger partial charge in [0.15, 0.2) is 0 Å². The van der Waals surface area contributed by atoms with E-state index in [4.69, 9.17) is 0 Å². The molecule has 0 bridgehead atoms. The Morgan fingerprint density at radius 1 is 1.47 bits per heavy atom. The maximum atomic E-state index is 12.0. The molecule has 1 atom stereocenters. The number of para-hydroxylation sites is 1. The highest BCUT2D eigenvalue weighted by atomic mass is 16.2. The highest BCUT2D eigenvalue weighted by molar-refractivity contribution is 6.45. The molecule has 1 aliphatic heterocycles. The van der Waals surface area contributed by atoms with Crippen molar-refractivity contribution < 1.29 is 9.82 Å². The first kappa shape index (κ1) is 14.1. The molecule has 19 heavy (non-hydrogen) atoms. The molecule has 0 spiro atoms. The average molecular weight is 260 g/mol. The molecule has 2 N–H and O–H groups in total. The van der Waals surface area contributed by atoms with Crippen LogP contribution in [0, 0.1) is 5.92 Å². The Bertz CT molecular complexity index is 411. The van der Waals surface area contributed by atoms with E-state index in [1.807, 2.05) is 35.1 Å². The van der Waals surface area contributed by atoms with Gasteiger partial charge >= 0.3 is 7.05 Å². The van der Waals surface area contributed by atoms with Crippen molar-refractivity contribution in [2.75, 3.05) is 18.4 Å². The van der Waals surface area contributed by atoms with Crippen molar-refractivity contribution in [3.63, 3.8) is 0 Å². The number of hydrogen-bond acceptors (Lipinski definition) is 3. The lowest BCUT2D eigenvalue weighted by molar-refractivity contribution is -0.117. The Balaban J connectivity index is 1.82. The number of carbonyl (C=O) groups is 1. The number of carbonyl (C=O) groups excluding carboxylic acids is 1. The lowest BCUT2D eigenvalue weighted by Gasteiger charge is -2.33. The van der Waals surface area contributed by atoms with Crippen LogP contribution in [0.25, 0.3) is 0 Å². The summed E-state index contributed by atoms with van der Waals surface area (Å²) < 4.78 is 0. The first-order valence-electron chi connectivity index (χ1n) is 6.92. The second kappa shape index (κ2) is 6.73. The molecule has 0 aromatic heterocycles. The van der Waals surface area contributed by atoms with Gasteiger partial charge in [-0.25, -0.2) is 0 Å². The highest BCUT2D eigenvalue weighted by Gasteiger charge is 2.26. The molecule has 1 aromatic rings. The van der Waals surface area contributed by atoms with E-state index >= 15 is 0 Å². The van der Waals surface area contributed by atoms with Gasteiger partial charge in [0.2, 0.25) is 5.91 Å². The number of rotatable bonds is 4. The molecule has 1 saturated heterocycles. The van der Waals surface area contributed by atoms with Crippen molar-refractivity contribution in [3.8, 4) is 0 Å². The Labute approximate surface area is 114 Å². The Hall–Kier alpha value is -1.33. The van der Waals surface area contributed by atoms with Crippen molar-refractivity contribution in [3.05, 3.63) is 30.3 Å². The van der Waals surface area contributed by atoms with Crippen LogP contribution in [-0.2, 0) is 4.79 Å². The number of hydrogen-bond donors (Lipinski definition) is 2. The van der Waals surface area contributed by atoms with Crippen molar-refractivity contribution in [2.45, 2.75) is 26.1 Å². The summed E-state index contributed by atoms with van der Waals surface area (Å²) in [6.45, 7) is 3.51. The number of benzene rings is 1. The van der Waals surface area contributed by atoms with E-state index in [1.54, 1.807) is 6.82 Å². The molecule has 1 aromatic carbocycles. The Morgan fingerprint density at radius 3 is 2.89 bits per heavy atom. The van der Waals surface area contributed by atoms with Crippen molar-refractivity contribution in [1.29, 1.82) is 0 Å². The van der Waals surface area contributed by atoms with Crippen LogP contribution in [0.2, 0.25) is 6.82 Å². The number of piperidine rings is 1. The van der Waals surface area contributed by atoms with Gasteiger partial charge in [0.1, 0.15) is 0 Å². The SMILES string of the molecule is CB(O)N1CCCC(CC(=O)Nc2ccccc2)C1. The lowest BCUT2D eigenvalue weighted by atomic mass is 9.80. The zero-order valence-electron chi connectivity index (χ0n) is 11.4. The third kappa shape index (κ3) is 4.37. The summed E-state index contributed by atoms with van der Waals surface area (Å²) in [5, 5.41) is 12.5. The lowest BCUT2D eigenvalue weighted by Crippen LogP contribution is -2.44. The van der Waals surface area contributed by atoms with Gasteiger partial charge in [0, 0.05) is 12.1 Å². The van der Waals surface area contributed by atoms with Crippen LogP contribution in [0.1, 0.15) is 19.3 Å². The zero-order valence-corrected chi connectivity index (χ0v) is 11.4. The van der Waals surface area contributed by atoms with Crippen LogP contribution < -0.4 is 5.32 Å². The second-order valence-electron chi connectivity index (χ2n) is 5.25. The maximum absolute atomic E-state index is 12.0. The van der Waals surface area contributed by atoms with E-state index in [0.717, 1.165) is 31.6 Å². The third-order valence-corrected chi connectivity index (χ3v) is 3.61. The summed E-state index contributed by atoms with van der Waals surface area (Å²) in [6.07, 6.45) is 2.64. The third-order valence-electron chi connectivity index (χ3n) is 3.61. The minimum absolute atomic E-state index is 0.0589. The summed E-state index contributed by atoms with van der Waals surface area (Å²) in [4.78, 5) is 14.0. The molecule has 0 saturated carbocycles. The van der Waals surface area contributed by atoms with Crippen molar-refractivity contribution in [1.82, 2.24) is 4.81 Å². The quantitative estimate of drug-likeness (QED) is 0.812. The Morgan fingerprint density at radius 2 is 2.21 bits per heavy atom. The fourth-order valence-corrected chi connectivity index (χ4v) is 2.60. The molecule has 0 aliphatic carbocycles. The summed E-state index contributed by atoms with van der Waals surface area (Å²) in [5.41, 5.74) is 0.843. The van der Waals surface area contributed by atoms with Crippen LogP contribution in [0.5, 0.6) is 0 Å². The summed E-state index contributed by atoms with van der Waals surface area (Å²) >= 11 is 0. The molecule has 1 heterocycles. The first-order chi connectivity index (χ1) is 9.15. The van der Waals surface area contributed by atoms with Gasteiger partial charge in [-0.05, 0) is 50.8 Å². The van der Waals surface area contributed by atoms with Gasteiger partial charge in [-0.2, -0.15) is 0 Å². The van der Waals surface area contributed by atoms with Gasteiger partial charge in [0.05, 0.1) is 0 Å². The fourth-order valence-electron chi connectivity index (χ4n) is 2.60. The topological polar surface area (TPSA) is 52.6 Å². The van der Waals surface area contributed by atoms with E-state index in [-0.39, 0.29) is 5.91 Å². The number of anilines is 1. The molecule has 1 unspecified atom stereocenters. The van der Waals surface area contributed by atoms with Crippen molar-refractivity contribution >= 4 is 18.6 Å². The van der Waals surface area contributed by atoms with Crippen LogP contribution in [0.3, 0.4) is 0 Å².